The highest BCUT2D eigenvalue weighted by Gasteiger charge is 2.21. The molecule has 2 rings (SSSR count). The van der Waals surface area contributed by atoms with Crippen LogP contribution in [0.3, 0.4) is 0 Å². The van der Waals surface area contributed by atoms with E-state index in [4.69, 9.17) is 23.2 Å². The van der Waals surface area contributed by atoms with E-state index in [-0.39, 0.29) is 16.4 Å². The summed E-state index contributed by atoms with van der Waals surface area (Å²) < 4.78 is 17.7. The lowest BCUT2D eigenvalue weighted by atomic mass is 10.2. The Labute approximate surface area is 139 Å². The Bertz CT molecular complexity index is 701. The summed E-state index contributed by atoms with van der Waals surface area (Å²) in [5, 5.41) is 2.46. The van der Waals surface area contributed by atoms with E-state index in [2.05, 4.69) is 10.1 Å². The number of rotatable bonds is 4. The van der Waals surface area contributed by atoms with E-state index in [1.165, 1.54) is 19.2 Å². The lowest BCUT2D eigenvalue weighted by Crippen LogP contribution is -2.19. The van der Waals surface area contributed by atoms with Gasteiger partial charge in [0.1, 0.15) is 10.7 Å². The summed E-state index contributed by atoms with van der Waals surface area (Å²) in [5.41, 5.74) is 0.942. The maximum Gasteiger partial charge on any atom is 0.350 e. The maximum absolute atomic E-state index is 13.0. The molecule has 116 valence electrons. The van der Waals surface area contributed by atoms with Crippen molar-refractivity contribution >= 4 is 52.1 Å². The Morgan fingerprint density at radius 1 is 1.27 bits per heavy atom. The molecule has 1 aromatic carbocycles. The molecule has 0 aliphatic carbocycles. The van der Waals surface area contributed by atoms with E-state index in [1.807, 2.05) is 0 Å². The molecule has 8 heteroatoms. The standard InChI is InChI=1S/C14H10Cl2FNO3S/c1-21-14(20)11-9(18-13(19)12(15)16)6-10(22-11)7-2-4-8(17)5-3-7/h2-6,12H,1H3,(H,18,19). The minimum atomic E-state index is -1.26. The van der Waals surface area contributed by atoms with Gasteiger partial charge in [0.15, 0.2) is 4.84 Å². The number of alkyl halides is 2. The fraction of sp³-hybridized carbons (Fsp3) is 0.143. The molecule has 0 aliphatic rings. The molecule has 1 amide bonds. The number of thiophene rings is 1. The monoisotopic (exact) mass is 361 g/mol. The summed E-state index contributed by atoms with van der Waals surface area (Å²) in [6.07, 6.45) is 0. The van der Waals surface area contributed by atoms with Crippen LogP contribution in [-0.4, -0.2) is 23.8 Å². The van der Waals surface area contributed by atoms with Crippen molar-refractivity contribution in [3.8, 4) is 10.4 Å². The summed E-state index contributed by atoms with van der Waals surface area (Å²) in [6, 6.07) is 7.33. The molecule has 0 saturated carbocycles. The van der Waals surface area contributed by atoms with Crippen molar-refractivity contribution in [1.82, 2.24) is 0 Å². The Morgan fingerprint density at radius 2 is 1.91 bits per heavy atom. The van der Waals surface area contributed by atoms with E-state index in [1.54, 1.807) is 18.2 Å². The molecule has 1 aromatic heterocycles. The summed E-state index contributed by atoms with van der Waals surface area (Å²) in [5.74, 6) is -1.62. The van der Waals surface area contributed by atoms with Crippen molar-refractivity contribution in [2.75, 3.05) is 12.4 Å². The molecular formula is C14H10Cl2FNO3S. The van der Waals surface area contributed by atoms with Crippen molar-refractivity contribution < 1.29 is 18.7 Å². The van der Waals surface area contributed by atoms with Crippen LogP contribution in [0.1, 0.15) is 9.67 Å². The van der Waals surface area contributed by atoms with E-state index >= 15 is 0 Å². The lowest BCUT2D eigenvalue weighted by molar-refractivity contribution is -0.114. The topological polar surface area (TPSA) is 55.4 Å². The van der Waals surface area contributed by atoms with E-state index < -0.39 is 16.7 Å². The highest BCUT2D eigenvalue weighted by atomic mass is 35.5. The number of methoxy groups -OCH3 is 1. The molecule has 0 spiro atoms. The van der Waals surface area contributed by atoms with Gasteiger partial charge in [-0.15, -0.1) is 11.3 Å². The number of anilines is 1. The van der Waals surface area contributed by atoms with Gasteiger partial charge in [0.05, 0.1) is 12.8 Å². The predicted octanol–water partition coefficient (Wildman–Crippen LogP) is 4.08. The molecule has 0 fully saturated rings. The molecule has 0 radical (unpaired) electrons. The second kappa shape index (κ2) is 7.09. The van der Waals surface area contributed by atoms with Gasteiger partial charge in [0.25, 0.3) is 5.91 Å². The van der Waals surface area contributed by atoms with Crippen LogP contribution in [0.4, 0.5) is 10.1 Å². The highest BCUT2D eigenvalue weighted by molar-refractivity contribution is 7.18. The third-order valence-electron chi connectivity index (χ3n) is 2.69. The number of amides is 1. The Hall–Kier alpha value is -1.63. The third-order valence-corrected chi connectivity index (χ3v) is 4.25. The Morgan fingerprint density at radius 3 is 2.45 bits per heavy atom. The number of ether oxygens (including phenoxy) is 1. The summed E-state index contributed by atoms with van der Waals surface area (Å²) >= 11 is 12.1. The number of halogens is 3. The number of hydrogen-bond donors (Lipinski definition) is 1. The van der Waals surface area contributed by atoms with E-state index in [0.29, 0.717) is 10.4 Å². The first-order chi connectivity index (χ1) is 10.4. The summed E-state index contributed by atoms with van der Waals surface area (Å²) in [7, 11) is 1.23. The predicted molar refractivity (Wildman–Crippen MR) is 85.2 cm³/mol. The Balaban J connectivity index is 2.41. The maximum atomic E-state index is 13.0. The largest absolute Gasteiger partial charge is 0.465 e. The molecule has 22 heavy (non-hydrogen) atoms. The molecular weight excluding hydrogens is 352 g/mol. The number of hydrogen-bond acceptors (Lipinski definition) is 4. The lowest BCUT2D eigenvalue weighted by Gasteiger charge is -2.05. The van der Waals surface area contributed by atoms with Crippen LogP contribution in [0.2, 0.25) is 0 Å². The number of esters is 1. The van der Waals surface area contributed by atoms with Crippen molar-refractivity contribution in [2.45, 2.75) is 4.84 Å². The van der Waals surface area contributed by atoms with Crippen LogP contribution in [0.5, 0.6) is 0 Å². The SMILES string of the molecule is COC(=O)c1sc(-c2ccc(F)cc2)cc1NC(=O)C(Cl)Cl. The first-order valence-corrected chi connectivity index (χ1v) is 7.68. The zero-order valence-electron chi connectivity index (χ0n) is 11.2. The molecule has 1 heterocycles. The zero-order chi connectivity index (χ0) is 16.3. The smallest absolute Gasteiger partial charge is 0.350 e. The number of benzene rings is 1. The van der Waals surface area contributed by atoms with Gasteiger partial charge in [-0.25, -0.2) is 9.18 Å². The van der Waals surface area contributed by atoms with Crippen LogP contribution in [0.25, 0.3) is 10.4 Å². The zero-order valence-corrected chi connectivity index (χ0v) is 13.6. The number of carbonyl (C=O) groups is 2. The summed E-state index contributed by atoms with van der Waals surface area (Å²) in [6.45, 7) is 0. The van der Waals surface area contributed by atoms with Crippen LogP contribution in [0.15, 0.2) is 30.3 Å². The molecule has 4 nitrogen and oxygen atoms in total. The van der Waals surface area contributed by atoms with Crippen LogP contribution < -0.4 is 5.32 Å². The van der Waals surface area contributed by atoms with Gasteiger partial charge in [-0.2, -0.15) is 0 Å². The van der Waals surface area contributed by atoms with Crippen molar-refractivity contribution in [3.63, 3.8) is 0 Å². The van der Waals surface area contributed by atoms with Gasteiger partial charge in [-0.05, 0) is 23.8 Å². The highest BCUT2D eigenvalue weighted by Crippen LogP contribution is 2.35. The molecule has 2 aromatic rings. The third kappa shape index (κ3) is 3.76. The average molecular weight is 362 g/mol. The molecule has 0 atom stereocenters. The van der Waals surface area contributed by atoms with Crippen LogP contribution in [0, 0.1) is 5.82 Å². The van der Waals surface area contributed by atoms with E-state index in [9.17, 15) is 14.0 Å². The van der Waals surface area contributed by atoms with Gasteiger partial charge < -0.3 is 10.1 Å². The van der Waals surface area contributed by atoms with Crippen molar-refractivity contribution in [1.29, 1.82) is 0 Å². The summed E-state index contributed by atoms with van der Waals surface area (Å²) in [4.78, 5) is 23.0. The van der Waals surface area contributed by atoms with E-state index in [0.717, 1.165) is 11.3 Å². The van der Waals surface area contributed by atoms with Crippen molar-refractivity contribution in [2.24, 2.45) is 0 Å². The second-order valence-corrected chi connectivity index (χ2v) is 6.29. The quantitative estimate of drug-likeness (QED) is 0.659. The fourth-order valence-corrected chi connectivity index (χ4v) is 2.82. The van der Waals surface area contributed by atoms with Gasteiger partial charge >= 0.3 is 5.97 Å². The van der Waals surface area contributed by atoms with Gasteiger partial charge in [-0.3, -0.25) is 4.79 Å². The van der Waals surface area contributed by atoms with Crippen molar-refractivity contribution in [3.05, 3.63) is 41.0 Å². The van der Waals surface area contributed by atoms with Gasteiger partial charge in [0.2, 0.25) is 0 Å². The van der Waals surface area contributed by atoms with Gasteiger partial charge in [0, 0.05) is 4.88 Å². The normalized spacial score (nSPS) is 10.6. The second-order valence-electron chi connectivity index (χ2n) is 4.14. The average Bonchev–Trinajstić information content (AvgIpc) is 2.90. The minimum Gasteiger partial charge on any atom is -0.465 e. The fourth-order valence-electron chi connectivity index (χ4n) is 1.67. The molecule has 1 N–H and O–H groups in total. The molecule has 0 unspecified atom stereocenters. The van der Waals surface area contributed by atoms with Crippen LogP contribution >= 0.6 is 34.5 Å². The molecule has 0 saturated heterocycles. The number of carbonyl (C=O) groups excluding carboxylic acids is 2. The first kappa shape index (κ1) is 16.7. The van der Waals surface area contributed by atoms with Gasteiger partial charge in [-0.1, -0.05) is 35.3 Å². The number of nitrogens with one attached hydrogen (secondary N) is 1. The molecule has 0 aliphatic heterocycles. The van der Waals surface area contributed by atoms with Crippen LogP contribution in [-0.2, 0) is 9.53 Å². The first-order valence-electron chi connectivity index (χ1n) is 5.99. The molecule has 0 bridgehead atoms. The Kier molecular flexibility index (Phi) is 5.39. The minimum absolute atomic E-state index is 0.198.